The molecular formula is C31H24O2. The highest BCUT2D eigenvalue weighted by molar-refractivity contribution is 5.73. The van der Waals surface area contributed by atoms with Gasteiger partial charge in [-0.15, -0.1) is 0 Å². The van der Waals surface area contributed by atoms with Crippen molar-refractivity contribution in [3.8, 4) is 33.8 Å². The first-order valence-electron chi connectivity index (χ1n) is 11.0. The van der Waals surface area contributed by atoms with Crippen molar-refractivity contribution in [3.63, 3.8) is 0 Å². The van der Waals surface area contributed by atoms with Crippen LogP contribution in [0.15, 0.2) is 127 Å². The number of hydrogen-bond acceptors (Lipinski definition) is 2. The highest BCUT2D eigenvalue weighted by Crippen LogP contribution is 2.40. The van der Waals surface area contributed by atoms with Crippen molar-refractivity contribution >= 4 is 0 Å². The second-order valence-electron chi connectivity index (χ2n) is 8.13. The van der Waals surface area contributed by atoms with E-state index in [-0.39, 0.29) is 17.4 Å². The molecule has 0 aliphatic heterocycles. The second-order valence-corrected chi connectivity index (χ2v) is 8.13. The van der Waals surface area contributed by atoms with E-state index in [0.717, 1.165) is 38.9 Å². The van der Waals surface area contributed by atoms with Crippen LogP contribution in [0.3, 0.4) is 0 Å². The monoisotopic (exact) mass is 428 g/mol. The minimum Gasteiger partial charge on any atom is -0.507 e. The van der Waals surface area contributed by atoms with Crippen molar-refractivity contribution in [2.24, 2.45) is 0 Å². The summed E-state index contributed by atoms with van der Waals surface area (Å²) in [6.45, 7) is 0. The van der Waals surface area contributed by atoms with E-state index in [1.165, 1.54) is 0 Å². The lowest BCUT2D eigenvalue weighted by Gasteiger charge is -2.21. The van der Waals surface area contributed by atoms with Crippen molar-refractivity contribution in [2.45, 2.75) is 5.92 Å². The molecule has 0 aromatic heterocycles. The quantitative estimate of drug-likeness (QED) is 0.283. The van der Waals surface area contributed by atoms with Crippen molar-refractivity contribution in [1.29, 1.82) is 0 Å². The van der Waals surface area contributed by atoms with E-state index in [2.05, 4.69) is 24.3 Å². The van der Waals surface area contributed by atoms with E-state index in [9.17, 15) is 10.2 Å². The predicted octanol–water partition coefficient (Wildman–Crippen LogP) is 7.61. The first-order valence-corrected chi connectivity index (χ1v) is 11.0. The van der Waals surface area contributed by atoms with Gasteiger partial charge in [0, 0.05) is 17.0 Å². The fraction of sp³-hybridized carbons (Fsp3) is 0.0323. The van der Waals surface area contributed by atoms with Gasteiger partial charge in [0.25, 0.3) is 0 Å². The van der Waals surface area contributed by atoms with Crippen molar-refractivity contribution < 1.29 is 10.2 Å². The molecule has 0 saturated heterocycles. The lowest BCUT2D eigenvalue weighted by molar-refractivity contribution is 0.477. The van der Waals surface area contributed by atoms with Gasteiger partial charge < -0.3 is 10.2 Å². The smallest absolute Gasteiger partial charge is 0.123 e. The maximum atomic E-state index is 10.6. The lowest BCUT2D eigenvalue weighted by Crippen LogP contribution is -2.04. The normalized spacial score (nSPS) is 10.9. The van der Waals surface area contributed by atoms with Crippen LogP contribution in [0, 0.1) is 0 Å². The molecule has 33 heavy (non-hydrogen) atoms. The number of phenols is 2. The molecule has 0 radical (unpaired) electrons. The molecule has 0 fully saturated rings. The summed E-state index contributed by atoms with van der Waals surface area (Å²) < 4.78 is 0. The summed E-state index contributed by atoms with van der Waals surface area (Å²) in [4.78, 5) is 0. The molecule has 160 valence electrons. The minimum absolute atomic E-state index is 0.0580. The van der Waals surface area contributed by atoms with Gasteiger partial charge in [-0.1, -0.05) is 103 Å². The zero-order valence-electron chi connectivity index (χ0n) is 18.1. The third kappa shape index (κ3) is 4.24. The summed E-state index contributed by atoms with van der Waals surface area (Å²) >= 11 is 0. The Bertz CT molecular complexity index is 1270. The molecule has 2 heteroatoms. The van der Waals surface area contributed by atoms with E-state index in [1.54, 1.807) is 12.1 Å². The second kappa shape index (κ2) is 9.05. The molecule has 5 aromatic carbocycles. The maximum Gasteiger partial charge on any atom is 0.123 e. The SMILES string of the molecule is Oc1ccc(C(c2ccccc2)c2ccc(O)c(-c3ccccc3)c2)cc1-c1ccccc1. The fourth-order valence-corrected chi connectivity index (χ4v) is 4.39. The van der Waals surface area contributed by atoms with Gasteiger partial charge in [-0.3, -0.25) is 0 Å². The Hall–Kier alpha value is -4.30. The average molecular weight is 429 g/mol. The largest absolute Gasteiger partial charge is 0.507 e. The summed E-state index contributed by atoms with van der Waals surface area (Å²) in [5.41, 5.74) is 6.84. The van der Waals surface area contributed by atoms with Gasteiger partial charge in [0.05, 0.1) is 0 Å². The van der Waals surface area contributed by atoms with Crippen LogP contribution >= 0.6 is 0 Å². The fourth-order valence-electron chi connectivity index (χ4n) is 4.39. The summed E-state index contributed by atoms with van der Waals surface area (Å²) in [7, 11) is 0. The van der Waals surface area contributed by atoms with Crippen LogP contribution in [0.1, 0.15) is 22.6 Å². The Balaban J connectivity index is 1.68. The molecule has 0 spiro atoms. The molecule has 0 heterocycles. The third-order valence-electron chi connectivity index (χ3n) is 6.01. The number of hydrogen-bond donors (Lipinski definition) is 2. The zero-order chi connectivity index (χ0) is 22.6. The van der Waals surface area contributed by atoms with Crippen LogP contribution in [0.2, 0.25) is 0 Å². The summed E-state index contributed by atoms with van der Waals surface area (Å²) in [6, 6.07) is 41.8. The van der Waals surface area contributed by atoms with Crippen LogP contribution in [-0.2, 0) is 0 Å². The average Bonchev–Trinajstić information content (AvgIpc) is 2.88. The molecule has 0 saturated carbocycles. The van der Waals surface area contributed by atoms with Crippen molar-refractivity contribution in [1.82, 2.24) is 0 Å². The predicted molar refractivity (Wildman–Crippen MR) is 134 cm³/mol. The topological polar surface area (TPSA) is 40.5 Å². The Kier molecular flexibility index (Phi) is 5.65. The van der Waals surface area contributed by atoms with E-state index in [0.29, 0.717) is 0 Å². The van der Waals surface area contributed by atoms with Crippen LogP contribution in [0.4, 0.5) is 0 Å². The van der Waals surface area contributed by atoms with Crippen LogP contribution in [0.5, 0.6) is 11.5 Å². The molecule has 0 bridgehead atoms. The van der Waals surface area contributed by atoms with Gasteiger partial charge in [-0.05, 0) is 52.1 Å². The molecule has 0 aliphatic rings. The standard InChI is InChI=1S/C31H24O2/c32-29-18-16-25(20-27(29)22-10-4-1-5-11-22)31(24-14-8-3-9-15-24)26-17-19-30(33)28(21-26)23-12-6-2-7-13-23/h1-21,31-33H. The summed E-state index contributed by atoms with van der Waals surface area (Å²) in [5, 5.41) is 21.2. The Morgan fingerprint density at radius 2 is 0.788 bits per heavy atom. The molecule has 0 atom stereocenters. The van der Waals surface area contributed by atoms with Crippen LogP contribution in [0.25, 0.3) is 22.3 Å². The van der Waals surface area contributed by atoms with Gasteiger partial charge in [0.15, 0.2) is 0 Å². The highest BCUT2D eigenvalue weighted by Gasteiger charge is 2.20. The first-order chi connectivity index (χ1) is 16.2. The molecule has 0 aliphatic carbocycles. The number of phenolic OH excluding ortho intramolecular Hbond substituents is 2. The zero-order valence-corrected chi connectivity index (χ0v) is 18.1. The van der Waals surface area contributed by atoms with Gasteiger partial charge in [0.2, 0.25) is 0 Å². The number of benzene rings is 5. The van der Waals surface area contributed by atoms with Gasteiger partial charge in [-0.25, -0.2) is 0 Å². The van der Waals surface area contributed by atoms with Gasteiger partial charge in [-0.2, -0.15) is 0 Å². The van der Waals surface area contributed by atoms with Crippen LogP contribution < -0.4 is 0 Å². The maximum absolute atomic E-state index is 10.6. The molecule has 2 N–H and O–H groups in total. The molecule has 5 rings (SSSR count). The van der Waals surface area contributed by atoms with Crippen molar-refractivity contribution in [3.05, 3.63) is 144 Å². The lowest BCUT2D eigenvalue weighted by atomic mass is 9.83. The Labute approximate surface area is 194 Å². The molecule has 5 aromatic rings. The summed E-state index contributed by atoms with van der Waals surface area (Å²) in [6.07, 6.45) is 0. The first kappa shape index (κ1) is 20.6. The van der Waals surface area contributed by atoms with E-state index < -0.39 is 0 Å². The summed E-state index contributed by atoms with van der Waals surface area (Å²) in [5.74, 6) is 0.456. The minimum atomic E-state index is -0.0580. The molecule has 0 amide bonds. The third-order valence-corrected chi connectivity index (χ3v) is 6.01. The van der Waals surface area contributed by atoms with E-state index in [4.69, 9.17) is 0 Å². The molecule has 0 unspecified atom stereocenters. The highest BCUT2D eigenvalue weighted by atomic mass is 16.3. The number of aromatic hydroxyl groups is 2. The van der Waals surface area contributed by atoms with Gasteiger partial charge >= 0.3 is 0 Å². The molecule has 2 nitrogen and oxygen atoms in total. The van der Waals surface area contributed by atoms with Crippen molar-refractivity contribution in [2.75, 3.05) is 0 Å². The van der Waals surface area contributed by atoms with Gasteiger partial charge in [0.1, 0.15) is 11.5 Å². The Morgan fingerprint density at radius 1 is 0.394 bits per heavy atom. The number of rotatable bonds is 5. The van der Waals surface area contributed by atoms with E-state index >= 15 is 0 Å². The Morgan fingerprint density at radius 3 is 1.21 bits per heavy atom. The van der Waals surface area contributed by atoms with E-state index in [1.807, 2.05) is 91.0 Å². The molecular weight excluding hydrogens is 404 g/mol. The van der Waals surface area contributed by atoms with Crippen LogP contribution in [-0.4, -0.2) is 10.2 Å².